The molecule has 168 valence electrons. The number of amides is 2. The number of nitrogens with zero attached hydrogens (tertiary/aromatic N) is 1. The molecule has 4 N–H and O–H groups in total. The number of methoxy groups -OCH3 is 1. The van der Waals surface area contributed by atoms with Gasteiger partial charge in [0.05, 0.1) is 18.7 Å². The molecule has 1 aliphatic heterocycles. The standard InChI is InChI=1S/C23H25ClN4O3S/c1-3-14-4-8-16(9-5-14)28-22(30)20-19(25)18(23(32-20)26-12-13-31-2)21(29)27-17-10-6-15(24)7-11-17/h4-11,20H,3,12-13,25H2,1-2H3,(H,27,29)(H,28,30)/t20-/m1/s1. The maximum Gasteiger partial charge on any atom is 0.260 e. The number of benzene rings is 2. The van der Waals surface area contributed by atoms with Crippen molar-refractivity contribution in [1.82, 2.24) is 0 Å². The van der Waals surface area contributed by atoms with Crippen molar-refractivity contribution >= 4 is 51.6 Å². The summed E-state index contributed by atoms with van der Waals surface area (Å²) in [4.78, 5) is 30.4. The molecule has 3 rings (SSSR count). The van der Waals surface area contributed by atoms with E-state index in [4.69, 9.17) is 22.1 Å². The van der Waals surface area contributed by atoms with E-state index < -0.39 is 11.2 Å². The predicted octanol–water partition coefficient (Wildman–Crippen LogP) is 3.85. The minimum Gasteiger partial charge on any atom is -0.400 e. The maximum absolute atomic E-state index is 13.0. The average Bonchev–Trinajstić information content (AvgIpc) is 3.12. The van der Waals surface area contributed by atoms with Gasteiger partial charge in [0.25, 0.3) is 5.91 Å². The molecule has 1 atom stereocenters. The van der Waals surface area contributed by atoms with Crippen LogP contribution in [-0.2, 0) is 20.7 Å². The summed E-state index contributed by atoms with van der Waals surface area (Å²) in [6.07, 6.45) is 0.912. The van der Waals surface area contributed by atoms with Crippen LogP contribution < -0.4 is 16.4 Å². The van der Waals surface area contributed by atoms with Crippen LogP contribution in [0.15, 0.2) is 64.8 Å². The molecule has 2 aromatic carbocycles. The van der Waals surface area contributed by atoms with Crippen LogP contribution in [0, 0.1) is 0 Å². The molecule has 0 bridgehead atoms. The van der Waals surface area contributed by atoms with E-state index in [1.54, 1.807) is 31.4 Å². The molecule has 1 heterocycles. The third-order valence-corrected chi connectivity index (χ3v) is 6.27. The Kier molecular flexibility index (Phi) is 8.33. The van der Waals surface area contributed by atoms with E-state index in [1.807, 2.05) is 24.3 Å². The molecule has 7 nitrogen and oxygen atoms in total. The highest BCUT2D eigenvalue weighted by molar-refractivity contribution is 8.16. The number of anilines is 2. The first-order chi connectivity index (χ1) is 15.4. The first kappa shape index (κ1) is 23.8. The van der Waals surface area contributed by atoms with Crippen molar-refractivity contribution in [1.29, 1.82) is 0 Å². The lowest BCUT2D eigenvalue weighted by Gasteiger charge is -2.12. The number of hydrogen-bond donors (Lipinski definition) is 3. The zero-order valence-corrected chi connectivity index (χ0v) is 19.4. The van der Waals surface area contributed by atoms with Crippen LogP contribution >= 0.6 is 23.4 Å². The van der Waals surface area contributed by atoms with Crippen LogP contribution in [0.2, 0.25) is 5.02 Å². The molecular weight excluding hydrogens is 448 g/mol. The molecule has 0 unspecified atom stereocenters. The number of thioether (sulfide) groups is 1. The van der Waals surface area contributed by atoms with E-state index in [1.165, 1.54) is 5.56 Å². The molecule has 0 spiro atoms. The molecule has 9 heteroatoms. The fourth-order valence-corrected chi connectivity index (χ4v) is 4.28. The summed E-state index contributed by atoms with van der Waals surface area (Å²) < 4.78 is 5.05. The Labute approximate surface area is 196 Å². The van der Waals surface area contributed by atoms with E-state index in [9.17, 15) is 9.59 Å². The molecule has 0 saturated carbocycles. The zero-order valence-electron chi connectivity index (χ0n) is 17.9. The quantitative estimate of drug-likeness (QED) is 0.506. The Morgan fingerprint density at radius 2 is 1.72 bits per heavy atom. The summed E-state index contributed by atoms with van der Waals surface area (Å²) >= 11 is 7.06. The molecule has 0 saturated heterocycles. The number of carbonyl (C=O) groups is 2. The predicted molar refractivity (Wildman–Crippen MR) is 131 cm³/mol. The van der Waals surface area contributed by atoms with Gasteiger partial charge in [-0.1, -0.05) is 42.4 Å². The molecule has 2 aromatic rings. The highest BCUT2D eigenvalue weighted by atomic mass is 35.5. The second-order valence-electron chi connectivity index (χ2n) is 7.01. The summed E-state index contributed by atoms with van der Waals surface area (Å²) in [7, 11) is 1.57. The monoisotopic (exact) mass is 472 g/mol. The van der Waals surface area contributed by atoms with Crippen molar-refractivity contribution in [3.05, 3.63) is 70.4 Å². The van der Waals surface area contributed by atoms with Crippen molar-refractivity contribution in [3.8, 4) is 0 Å². The number of aliphatic imine (C=N–C) groups is 1. The van der Waals surface area contributed by atoms with Gasteiger partial charge in [-0.2, -0.15) is 0 Å². The van der Waals surface area contributed by atoms with Crippen molar-refractivity contribution in [2.75, 3.05) is 30.9 Å². The summed E-state index contributed by atoms with van der Waals surface area (Å²) in [5.41, 5.74) is 9.06. The smallest absolute Gasteiger partial charge is 0.260 e. The zero-order chi connectivity index (χ0) is 23.1. The summed E-state index contributed by atoms with van der Waals surface area (Å²) in [6, 6.07) is 14.3. The average molecular weight is 473 g/mol. The minimum atomic E-state index is -0.770. The van der Waals surface area contributed by atoms with Gasteiger partial charge >= 0.3 is 0 Å². The minimum absolute atomic E-state index is 0.167. The molecular formula is C23H25ClN4O3S. The van der Waals surface area contributed by atoms with Crippen LogP contribution in [0.1, 0.15) is 12.5 Å². The molecule has 2 amide bonds. The molecule has 0 aromatic heterocycles. The van der Waals surface area contributed by atoms with Gasteiger partial charge in [-0.25, -0.2) is 0 Å². The number of nitrogens with two attached hydrogens (primary N) is 1. The largest absolute Gasteiger partial charge is 0.400 e. The normalized spacial score (nSPS) is 17.0. The van der Waals surface area contributed by atoms with Crippen LogP contribution in [0.25, 0.3) is 0 Å². The lowest BCUT2D eigenvalue weighted by molar-refractivity contribution is -0.115. The van der Waals surface area contributed by atoms with Gasteiger partial charge in [0.1, 0.15) is 10.3 Å². The van der Waals surface area contributed by atoms with Crippen molar-refractivity contribution < 1.29 is 14.3 Å². The van der Waals surface area contributed by atoms with E-state index in [0.29, 0.717) is 34.6 Å². The Morgan fingerprint density at radius 1 is 1.09 bits per heavy atom. The number of nitrogens with one attached hydrogen (secondary N) is 2. The molecule has 1 aliphatic rings. The van der Waals surface area contributed by atoms with Gasteiger partial charge in [-0.3, -0.25) is 14.6 Å². The number of hydrogen-bond acceptors (Lipinski definition) is 6. The van der Waals surface area contributed by atoms with E-state index in [-0.39, 0.29) is 17.2 Å². The van der Waals surface area contributed by atoms with Crippen molar-refractivity contribution in [2.45, 2.75) is 18.6 Å². The van der Waals surface area contributed by atoms with Crippen LogP contribution in [0.3, 0.4) is 0 Å². The second kappa shape index (κ2) is 11.2. The van der Waals surface area contributed by atoms with E-state index in [2.05, 4.69) is 22.5 Å². The Hall–Kier alpha value is -2.81. The number of rotatable bonds is 8. The van der Waals surface area contributed by atoms with E-state index in [0.717, 1.165) is 18.2 Å². The van der Waals surface area contributed by atoms with Gasteiger partial charge in [-0.05, 0) is 48.4 Å². The van der Waals surface area contributed by atoms with Gasteiger partial charge in [0.15, 0.2) is 0 Å². The molecule has 0 radical (unpaired) electrons. The Balaban J connectivity index is 1.82. The van der Waals surface area contributed by atoms with Gasteiger partial charge in [0.2, 0.25) is 5.91 Å². The Bertz CT molecular complexity index is 1040. The molecule has 0 aliphatic carbocycles. The van der Waals surface area contributed by atoms with Crippen molar-refractivity contribution in [3.63, 3.8) is 0 Å². The number of aryl methyl sites for hydroxylation is 1. The van der Waals surface area contributed by atoms with E-state index >= 15 is 0 Å². The maximum atomic E-state index is 13.0. The van der Waals surface area contributed by atoms with Gasteiger partial charge < -0.3 is 21.1 Å². The summed E-state index contributed by atoms with van der Waals surface area (Å²) in [6.45, 7) is 2.79. The number of ether oxygens (including phenoxy) is 1. The van der Waals surface area contributed by atoms with Gasteiger partial charge in [-0.15, -0.1) is 0 Å². The fourth-order valence-electron chi connectivity index (χ4n) is 3.02. The van der Waals surface area contributed by atoms with Crippen LogP contribution in [0.5, 0.6) is 0 Å². The topological polar surface area (TPSA) is 106 Å². The molecule has 32 heavy (non-hydrogen) atoms. The Morgan fingerprint density at radius 3 is 2.34 bits per heavy atom. The lowest BCUT2D eigenvalue weighted by Crippen LogP contribution is -2.29. The lowest BCUT2D eigenvalue weighted by atomic mass is 10.1. The highest BCUT2D eigenvalue weighted by Gasteiger charge is 2.38. The fraction of sp³-hybridized carbons (Fsp3) is 0.261. The third-order valence-electron chi connectivity index (χ3n) is 4.76. The van der Waals surface area contributed by atoms with Gasteiger partial charge in [0, 0.05) is 29.2 Å². The summed E-state index contributed by atoms with van der Waals surface area (Å²) in [5, 5.41) is 5.86. The summed E-state index contributed by atoms with van der Waals surface area (Å²) in [5.74, 6) is -0.749. The SMILES string of the molecule is CCc1ccc(NC(=O)[C@@H]2SC(=NCCOC)C(C(=O)Nc3ccc(Cl)cc3)=C2N)cc1. The van der Waals surface area contributed by atoms with Crippen LogP contribution in [0.4, 0.5) is 11.4 Å². The number of carbonyl (C=O) groups excluding carboxylic acids is 2. The third kappa shape index (κ3) is 5.91. The second-order valence-corrected chi connectivity index (χ2v) is 8.54. The number of halogens is 1. The van der Waals surface area contributed by atoms with Crippen LogP contribution in [-0.4, -0.2) is 42.4 Å². The molecule has 0 fully saturated rings. The first-order valence-electron chi connectivity index (χ1n) is 10.1. The first-order valence-corrected chi connectivity index (χ1v) is 11.4. The van der Waals surface area contributed by atoms with Crippen molar-refractivity contribution in [2.24, 2.45) is 10.7 Å². The highest BCUT2D eigenvalue weighted by Crippen LogP contribution is 2.34.